The standard InChI is InChI=1S/C31H28N4O5/c1-18-14-19(2)16-22(15-18)34-29(36)21-10-12-23(13-11-21)35-27(31(38)40-4)26(30(37)39-3)25(24(17-32)28(35)33)20-8-6-5-7-9-20/h5-16,25H,33H2,1-4H3,(H,34,36). The van der Waals surface area contributed by atoms with Crippen molar-refractivity contribution in [2.45, 2.75) is 19.8 Å². The summed E-state index contributed by atoms with van der Waals surface area (Å²) in [6.45, 7) is 3.89. The molecule has 3 N–H and O–H groups in total. The van der Waals surface area contributed by atoms with Crippen LogP contribution < -0.4 is 16.0 Å². The Morgan fingerprint density at radius 1 is 0.900 bits per heavy atom. The average Bonchev–Trinajstić information content (AvgIpc) is 2.95. The number of methoxy groups -OCH3 is 2. The van der Waals surface area contributed by atoms with Crippen LogP contribution in [0.4, 0.5) is 11.4 Å². The Labute approximate surface area is 232 Å². The quantitative estimate of drug-likeness (QED) is 0.441. The summed E-state index contributed by atoms with van der Waals surface area (Å²) in [7, 11) is 2.37. The number of carbonyl (C=O) groups excluding carboxylic acids is 3. The van der Waals surface area contributed by atoms with E-state index in [2.05, 4.69) is 11.4 Å². The van der Waals surface area contributed by atoms with Crippen LogP contribution in [-0.4, -0.2) is 32.1 Å². The van der Waals surface area contributed by atoms with E-state index in [9.17, 15) is 19.6 Å². The zero-order valence-corrected chi connectivity index (χ0v) is 22.5. The molecular formula is C31H28N4O5. The monoisotopic (exact) mass is 536 g/mol. The van der Waals surface area contributed by atoms with Gasteiger partial charge < -0.3 is 20.5 Å². The first-order chi connectivity index (χ1) is 19.2. The molecule has 0 aliphatic carbocycles. The number of benzene rings is 3. The van der Waals surface area contributed by atoms with Gasteiger partial charge in [0.05, 0.1) is 37.4 Å². The van der Waals surface area contributed by atoms with Crippen molar-refractivity contribution in [1.29, 1.82) is 5.26 Å². The van der Waals surface area contributed by atoms with E-state index in [0.29, 0.717) is 22.5 Å². The minimum Gasteiger partial charge on any atom is -0.466 e. The van der Waals surface area contributed by atoms with Gasteiger partial charge >= 0.3 is 11.9 Å². The van der Waals surface area contributed by atoms with E-state index < -0.39 is 17.9 Å². The third-order valence-electron chi connectivity index (χ3n) is 6.48. The van der Waals surface area contributed by atoms with Crippen LogP contribution >= 0.6 is 0 Å². The number of nitrogens with two attached hydrogens (primary N) is 1. The molecule has 40 heavy (non-hydrogen) atoms. The summed E-state index contributed by atoms with van der Waals surface area (Å²) in [4.78, 5) is 40.5. The summed E-state index contributed by atoms with van der Waals surface area (Å²) >= 11 is 0. The van der Waals surface area contributed by atoms with Crippen molar-refractivity contribution >= 4 is 29.2 Å². The predicted molar refractivity (Wildman–Crippen MR) is 150 cm³/mol. The number of hydrogen-bond donors (Lipinski definition) is 2. The zero-order chi connectivity index (χ0) is 29.0. The lowest BCUT2D eigenvalue weighted by atomic mass is 9.81. The Hall–Kier alpha value is -5.36. The van der Waals surface area contributed by atoms with Crippen molar-refractivity contribution in [3.8, 4) is 6.07 Å². The summed E-state index contributed by atoms with van der Waals surface area (Å²) < 4.78 is 10.1. The molecule has 9 heteroatoms. The zero-order valence-electron chi connectivity index (χ0n) is 22.5. The highest BCUT2D eigenvalue weighted by Crippen LogP contribution is 2.43. The van der Waals surface area contributed by atoms with E-state index >= 15 is 0 Å². The van der Waals surface area contributed by atoms with Crippen LogP contribution in [-0.2, 0) is 19.1 Å². The first kappa shape index (κ1) is 27.7. The van der Waals surface area contributed by atoms with E-state index in [1.54, 1.807) is 54.6 Å². The van der Waals surface area contributed by atoms with Crippen LogP contribution in [0.1, 0.15) is 33.0 Å². The number of esters is 2. The molecule has 1 amide bonds. The van der Waals surface area contributed by atoms with Crippen molar-refractivity contribution in [3.63, 3.8) is 0 Å². The van der Waals surface area contributed by atoms with E-state index in [4.69, 9.17) is 15.2 Å². The van der Waals surface area contributed by atoms with Gasteiger partial charge in [0, 0.05) is 16.9 Å². The molecule has 0 bridgehead atoms. The topological polar surface area (TPSA) is 135 Å². The molecule has 4 rings (SSSR count). The second-order valence-corrected chi connectivity index (χ2v) is 9.21. The number of nitrogens with one attached hydrogen (secondary N) is 1. The highest BCUT2D eigenvalue weighted by molar-refractivity contribution is 6.07. The highest BCUT2D eigenvalue weighted by atomic mass is 16.5. The molecule has 0 saturated heterocycles. The average molecular weight is 537 g/mol. The smallest absolute Gasteiger partial charge is 0.355 e. The maximum absolute atomic E-state index is 13.2. The molecule has 0 spiro atoms. The Balaban J connectivity index is 1.81. The van der Waals surface area contributed by atoms with Crippen LogP contribution in [0.15, 0.2) is 95.5 Å². The molecule has 1 heterocycles. The van der Waals surface area contributed by atoms with Gasteiger partial charge in [-0.2, -0.15) is 5.26 Å². The minimum atomic E-state index is -0.966. The molecule has 202 valence electrons. The summed E-state index contributed by atoms with van der Waals surface area (Å²) in [5, 5.41) is 13.0. The summed E-state index contributed by atoms with van der Waals surface area (Å²) in [5.74, 6) is -3.02. The molecule has 0 fully saturated rings. The number of anilines is 2. The first-order valence-corrected chi connectivity index (χ1v) is 12.4. The number of carbonyl (C=O) groups is 3. The number of nitriles is 1. The van der Waals surface area contributed by atoms with Gasteiger partial charge in [-0.15, -0.1) is 0 Å². The fraction of sp³-hybridized carbons (Fsp3) is 0.161. The molecule has 1 aliphatic rings. The van der Waals surface area contributed by atoms with Gasteiger partial charge in [-0.3, -0.25) is 9.69 Å². The molecule has 9 nitrogen and oxygen atoms in total. The Morgan fingerprint density at radius 2 is 1.50 bits per heavy atom. The van der Waals surface area contributed by atoms with Crippen LogP contribution in [0.25, 0.3) is 0 Å². The normalized spacial score (nSPS) is 14.9. The SMILES string of the molecule is COC(=O)C1=C(C(=O)OC)N(c2ccc(C(=O)Nc3cc(C)cc(C)c3)cc2)C(N)=C(C#N)C1c1ccccc1. The number of ether oxygens (including phenoxy) is 2. The fourth-order valence-electron chi connectivity index (χ4n) is 4.79. The molecule has 0 aromatic heterocycles. The van der Waals surface area contributed by atoms with Gasteiger partial charge in [0.2, 0.25) is 0 Å². The number of allylic oxidation sites excluding steroid dienone is 1. The van der Waals surface area contributed by atoms with Crippen LogP contribution in [0.5, 0.6) is 0 Å². The van der Waals surface area contributed by atoms with Crippen LogP contribution in [0.2, 0.25) is 0 Å². The second kappa shape index (κ2) is 11.6. The maximum atomic E-state index is 13.2. The van der Waals surface area contributed by atoms with Gasteiger partial charge in [-0.05, 0) is 66.9 Å². The molecule has 0 saturated carbocycles. The van der Waals surface area contributed by atoms with Gasteiger partial charge in [0.1, 0.15) is 11.5 Å². The fourth-order valence-corrected chi connectivity index (χ4v) is 4.79. The largest absolute Gasteiger partial charge is 0.466 e. The maximum Gasteiger partial charge on any atom is 0.355 e. The lowest BCUT2D eigenvalue weighted by Crippen LogP contribution is -2.40. The minimum absolute atomic E-state index is 0.0517. The number of nitrogens with zero attached hydrogens (tertiary/aromatic N) is 2. The van der Waals surface area contributed by atoms with Gasteiger partial charge in [-0.1, -0.05) is 36.4 Å². The second-order valence-electron chi connectivity index (χ2n) is 9.21. The number of hydrogen-bond acceptors (Lipinski definition) is 8. The van der Waals surface area contributed by atoms with E-state index in [-0.39, 0.29) is 28.6 Å². The highest BCUT2D eigenvalue weighted by Gasteiger charge is 2.43. The first-order valence-electron chi connectivity index (χ1n) is 12.4. The van der Waals surface area contributed by atoms with E-state index in [1.807, 2.05) is 32.0 Å². The van der Waals surface area contributed by atoms with E-state index in [1.165, 1.54) is 19.1 Å². The van der Waals surface area contributed by atoms with Crippen LogP contribution in [0, 0.1) is 25.2 Å². The molecule has 1 atom stereocenters. The Bertz CT molecular complexity index is 1560. The van der Waals surface area contributed by atoms with E-state index in [0.717, 1.165) is 11.1 Å². The van der Waals surface area contributed by atoms with Crippen LogP contribution in [0.3, 0.4) is 0 Å². The number of rotatable bonds is 6. The summed E-state index contributed by atoms with van der Waals surface area (Å²) in [6, 6.07) is 22.9. The molecular weight excluding hydrogens is 508 g/mol. The van der Waals surface area contributed by atoms with Crippen molar-refractivity contribution in [1.82, 2.24) is 0 Å². The van der Waals surface area contributed by atoms with Gasteiger partial charge in [0.25, 0.3) is 5.91 Å². The number of aryl methyl sites for hydroxylation is 2. The Morgan fingerprint density at radius 3 is 2.05 bits per heavy atom. The summed E-state index contributed by atoms with van der Waals surface area (Å²) in [5.41, 5.74) is 10.2. The number of amides is 1. The lowest BCUT2D eigenvalue weighted by molar-refractivity contribution is -0.139. The van der Waals surface area contributed by atoms with Crippen molar-refractivity contribution in [2.24, 2.45) is 5.73 Å². The Kier molecular flexibility index (Phi) is 8.01. The van der Waals surface area contributed by atoms with Gasteiger partial charge in [0.15, 0.2) is 0 Å². The van der Waals surface area contributed by atoms with Crippen molar-refractivity contribution in [3.05, 3.63) is 118 Å². The predicted octanol–water partition coefficient (Wildman–Crippen LogP) is 4.45. The third-order valence-corrected chi connectivity index (χ3v) is 6.48. The molecule has 1 unspecified atom stereocenters. The molecule has 3 aromatic rings. The molecule has 3 aromatic carbocycles. The summed E-state index contributed by atoms with van der Waals surface area (Å²) in [6.07, 6.45) is 0. The lowest BCUT2D eigenvalue weighted by Gasteiger charge is -2.35. The molecule has 1 aliphatic heterocycles. The van der Waals surface area contributed by atoms with Gasteiger partial charge in [-0.25, -0.2) is 9.59 Å². The molecule has 0 radical (unpaired) electrons. The third kappa shape index (κ3) is 5.28. The van der Waals surface area contributed by atoms with Crippen molar-refractivity contribution in [2.75, 3.05) is 24.4 Å². The van der Waals surface area contributed by atoms with Crippen molar-refractivity contribution < 1.29 is 23.9 Å².